The second-order valence-corrected chi connectivity index (χ2v) is 8.53. The molecule has 1 unspecified atom stereocenters. The number of amides is 2. The quantitative estimate of drug-likeness (QED) is 0.506. The molecule has 0 aliphatic carbocycles. The third-order valence-corrected chi connectivity index (χ3v) is 5.92. The number of carbonyl (C=O) groups excluding carboxylic acids is 2. The van der Waals surface area contributed by atoms with E-state index in [2.05, 4.69) is 20.4 Å². The van der Waals surface area contributed by atoms with Crippen molar-refractivity contribution in [2.45, 2.75) is 32.9 Å². The van der Waals surface area contributed by atoms with Crippen molar-refractivity contribution >= 4 is 39.6 Å². The first-order chi connectivity index (χ1) is 14.3. The lowest BCUT2D eigenvalue weighted by atomic mass is 10.1. The van der Waals surface area contributed by atoms with Gasteiger partial charge in [0, 0.05) is 22.2 Å². The summed E-state index contributed by atoms with van der Waals surface area (Å²) < 4.78 is 28.9. The fraction of sp³-hybridized carbons (Fsp3) is 0.250. The Hall–Kier alpha value is -2.85. The van der Waals surface area contributed by atoms with Crippen LogP contribution in [-0.4, -0.2) is 23.4 Å². The number of aryl methyl sites for hydroxylation is 1. The number of thiophene rings is 1. The largest absolute Gasteiger partial charge is 0.435 e. The predicted octanol–water partition coefficient (Wildman–Crippen LogP) is 4.99. The molecule has 0 spiro atoms. The van der Waals surface area contributed by atoms with Gasteiger partial charge in [0.25, 0.3) is 0 Å². The molecule has 30 heavy (non-hydrogen) atoms. The van der Waals surface area contributed by atoms with Gasteiger partial charge in [-0.15, -0.1) is 22.7 Å². The number of aromatic nitrogens is 1. The van der Waals surface area contributed by atoms with Gasteiger partial charge in [-0.3, -0.25) is 9.59 Å². The first-order valence-corrected chi connectivity index (χ1v) is 10.6. The highest BCUT2D eigenvalue weighted by Gasteiger charge is 2.19. The maximum Gasteiger partial charge on any atom is 0.387 e. The number of halogens is 2. The van der Waals surface area contributed by atoms with Crippen molar-refractivity contribution in [1.29, 1.82) is 0 Å². The van der Waals surface area contributed by atoms with Crippen LogP contribution in [0, 0.1) is 6.92 Å². The molecule has 158 valence electrons. The molecule has 0 bridgehead atoms. The highest BCUT2D eigenvalue weighted by atomic mass is 32.1. The van der Waals surface area contributed by atoms with Gasteiger partial charge in [-0.05, 0) is 42.6 Å². The number of rotatable bonds is 8. The normalized spacial score (nSPS) is 11.9. The Morgan fingerprint density at radius 1 is 1.20 bits per heavy atom. The van der Waals surface area contributed by atoms with Crippen LogP contribution in [0.3, 0.4) is 0 Å². The van der Waals surface area contributed by atoms with Crippen molar-refractivity contribution in [3.05, 3.63) is 51.5 Å². The van der Waals surface area contributed by atoms with E-state index in [1.165, 1.54) is 41.7 Å². The number of carbonyl (C=O) groups is 2. The number of thiazole rings is 1. The van der Waals surface area contributed by atoms with Crippen LogP contribution in [0.25, 0.3) is 11.3 Å². The van der Waals surface area contributed by atoms with Crippen LogP contribution in [-0.2, 0) is 9.59 Å². The average molecular weight is 452 g/mol. The molecule has 2 N–H and O–H groups in total. The van der Waals surface area contributed by atoms with Crippen LogP contribution in [0.5, 0.6) is 5.75 Å². The number of nitrogens with zero attached hydrogens (tertiary/aromatic N) is 1. The van der Waals surface area contributed by atoms with Gasteiger partial charge in [-0.1, -0.05) is 6.07 Å². The Morgan fingerprint density at radius 2 is 1.93 bits per heavy atom. The second-order valence-electron chi connectivity index (χ2n) is 6.35. The molecule has 0 radical (unpaired) electrons. The fourth-order valence-corrected chi connectivity index (χ4v) is 4.46. The van der Waals surface area contributed by atoms with Crippen LogP contribution in [0.15, 0.2) is 41.8 Å². The SMILES string of the molecule is CC(=O)NC(CC(=O)Nc1nc(-c2ccc(OC(F)F)cc2)c(C)s1)c1cccs1. The molecule has 2 heterocycles. The molecule has 3 aromatic rings. The van der Waals surface area contributed by atoms with Gasteiger partial charge in [0.05, 0.1) is 18.2 Å². The summed E-state index contributed by atoms with van der Waals surface area (Å²) in [6, 6.07) is 9.47. The van der Waals surface area contributed by atoms with Crippen LogP contribution in [0.4, 0.5) is 13.9 Å². The van der Waals surface area contributed by atoms with Crippen molar-refractivity contribution in [3.63, 3.8) is 0 Å². The van der Waals surface area contributed by atoms with Gasteiger partial charge in [0.1, 0.15) is 5.75 Å². The molecule has 0 saturated carbocycles. The van der Waals surface area contributed by atoms with E-state index in [-0.39, 0.29) is 24.0 Å². The van der Waals surface area contributed by atoms with Gasteiger partial charge in [-0.25, -0.2) is 4.98 Å². The summed E-state index contributed by atoms with van der Waals surface area (Å²) in [5.41, 5.74) is 1.37. The number of alkyl halides is 2. The molecule has 1 atom stereocenters. The Bertz CT molecular complexity index is 1000. The lowest BCUT2D eigenvalue weighted by Gasteiger charge is -2.15. The van der Waals surface area contributed by atoms with Crippen molar-refractivity contribution < 1.29 is 23.1 Å². The van der Waals surface area contributed by atoms with E-state index >= 15 is 0 Å². The van der Waals surface area contributed by atoms with Gasteiger partial charge < -0.3 is 15.4 Å². The van der Waals surface area contributed by atoms with Gasteiger partial charge in [-0.2, -0.15) is 8.78 Å². The van der Waals surface area contributed by atoms with Crippen molar-refractivity contribution in [3.8, 4) is 17.0 Å². The van der Waals surface area contributed by atoms with E-state index in [9.17, 15) is 18.4 Å². The maximum atomic E-state index is 12.5. The summed E-state index contributed by atoms with van der Waals surface area (Å²) >= 11 is 2.78. The number of hydrogen-bond donors (Lipinski definition) is 2. The number of hydrogen-bond acceptors (Lipinski definition) is 6. The molecule has 2 aromatic heterocycles. The summed E-state index contributed by atoms with van der Waals surface area (Å²) in [6.07, 6.45) is 0.0771. The number of benzene rings is 1. The van der Waals surface area contributed by atoms with Crippen LogP contribution >= 0.6 is 22.7 Å². The van der Waals surface area contributed by atoms with E-state index in [0.29, 0.717) is 10.8 Å². The monoisotopic (exact) mass is 451 g/mol. The van der Waals surface area contributed by atoms with E-state index < -0.39 is 12.7 Å². The minimum atomic E-state index is -2.88. The number of anilines is 1. The minimum Gasteiger partial charge on any atom is -0.435 e. The van der Waals surface area contributed by atoms with Crippen LogP contribution in [0.1, 0.15) is 29.1 Å². The molecule has 6 nitrogen and oxygen atoms in total. The number of ether oxygens (including phenoxy) is 1. The first-order valence-electron chi connectivity index (χ1n) is 8.95. The lowest BCUT2D eigenvalue weighted by molar-refractivity contribution is -0.120. The topological polar surface area (TPSA) is 80.3 Å². The highest BCUT2D eigenvalue weighted by molar-refractivity contribution is 7.16. The van der Waals surface area contributed by atoms with Crippen LogP contribution in [0.2, 0.25) is 0 Å². The average Bonchev–Trinajstić information content (AvgIpc) is 3.31. The van der Waals surface area contributed by atoms with Gasteiger partial charge >= 0.3 is 6.61 Å². The predicted molar refractivity (Wildman–Crippen MR) is 113 cm³/mol. The first kappa shape index (κ1) is 21.8. The molecule has 0 aliphatic rings. The zero-order valence-electron chi connectivity index (χ0n) is 16.1. The van der Waals surface area contributed by atoms with E-state index in [1.54, 1.807) is 12.1 Å². The van der Waals surface area contributed by atoms with E-state index in [1.807, 2.05) is 24.4 Å². The minimum absolute atomic E-state index is 0.0627. The summed E-state index contributed by atoms with van der Waals surface area (Å²) in [4.78, 5) is 30.2. The van der Waals surface area contributed by atoms with E-state index in [4.69, 9.17) is 0 Å². The summed E-state index contributed by atoms with van der Waals surface area (Å²) in [5.74, 6) is -0.427. The summed E-state index contributed by atoms with van der Waals surface area (Å²) in [6.45, 7) is 0.388. The van der Waals surface area contributed by atoms with Crippen molar-refractivity contribution in [2.75, 3.05) is 5.32 Å². The molecule has 3 rings (SSSR count). The van der Waals surface area contributed by atoms with Crippen LogP contribution < -0.4 is 15.4 Å². The Balaban J connectivity index is 1.68. The third kappa shape index (κ3) is 5.83. The molecule has 10 heteroatoms. The van der Waals surface area contributed by atoms with E-state index in [0.717, 1.165) is 15.3 Å². The zero-order valence-corrected chi connectivity index (χ0v) is 17.8. The van der Waals surface area contributed by atoms with Gasteiger partial charge in [0.2, 0.25) is 11.8 Å². The molecule has 0 aliphatic heterocycles. The van der Waals surface area contributed by atoms with Crippen molar-refractivity contribution in [1.82, 2.24) is 10.3 Å². The Kier molecular flexibility index (Phi) is 7.11. The van der Waals surface area contributed by atoms with Gasteiger partial charge in [0.15, 0.2) is 5.13 Å². The molecular formula is C20H19F2N3O3S2. The Labute approximate surface area is 179 Å². The molecule has 0 saturated heterocycles. The molecule has 2 amide bonds. The summed E-state index contributed by atoms with van der Waals surface area (Å²) in [5, 5.41) is 7.87. The zero-order chi connectivity index (χ0) is 21.7. The number of nitrogens with one attached hydrogen (secondary N) is 2. The second kappa shape index (κ2) is 9.77. The highest BCUT2D eigenvalue weighted by Crippen LogP contribution is 2.32. The third-order valence-electron chi connectivity index (χ3n) is 4.05. The maximum absolute atomic E-state index is 12.5. The molecule has 0 fully saturated rings. The standard InChI is InChI=1S/C20H19F2N3O3S2/c1-11-18(13-5-7-14(8-6-13)28-19(21)22)25-20(30-11)24-17(27)10-15(23-12(2)26)16-4-3-9-29-16/h3-9,15,19H,10H2,1-2H3,(H,23,26)(H,24,25,27). The molecule has 1 aromatic carbocycles. The smallest absolute Gasteiger partial charge is 0.387 e. The summed E-state index contributed by atoms with van der Waals surface area (Å²) in [7, 11) is 0. The lowest BCUT2D eigenvalue weighted by Crippen LogP contribution is -2.29. The molecular weight excluding hydrogens is 432 g/mol. The van der Waals surface area contributed by atoms with Crippen molar-refractivity contribution in [2.24, 2.45) is 0 Å². The Morgan fingerprint density at radius 3 is 2.53 bits per heavy atom. The fourth-order valence-electron chi connectivity index (χ4n) is 2.83.